The summed E-state index contributed by atoms with van der Waals surface area (Å²) in [5.74, 6) is -0.736. The summed E-state index contributed by atoms with van der Waals surface area (Å²) < 4.78 is 51.0. The maximum Gasteiger partial charge on any atom is 0.342 e. The van der Waals surface area contributed by atoms with E-state index < -0.39 is 21.8 Å². The van der Waals surface area contributed by atoms with Crippen molar-refractivity contribution >= 4 is 32.6 Å². The van der Waals surface area contributed by atoms with Crippen LogP contribution in [0.5, 0.6) is 0 Å². The molecule has 6 nitrogen and oxygen atoms in total. The number of benzene rings is 2. The van der Waals surface area contributed by atoms with Gasteiger partial charge in [0, 0.05) is 23.6 Å². The van der Waals surface area contributed by atoms with Crippen molar-refractivity contribution in [1.29, 1.82) is 0 Å². The molecule has 0 aliphatic carbocycles. The number of anilines is 1. The molecule has 0 saturated heterocycles. The molecule has 0 N–H and O–H groups in total. The van der Waals surface area contributed by atoms with Crippen LogP contribution in [0.25, 0.3) is 22.3 Å². The third-order valence-electron chi connectivity index (χ3n) is 5.03. The number of fused-ring (bicyclic) bond motifs is 1. The molecule has 0 aliphatic heterocycles. The van der Waals surface area contributed by atoms with Gasteiger partial charge in [0.2, 0.25) is 10.0 Å². The number of carbonyl (C=O) groups is 1. The topological polar surface area (TPSA) is 76.8 Å². The van der Waals surface area contributed by atoms with E-state index in [0.717, 1.165) is 6.26 Å². The number of ether oxygens (including phenoxy) is 1. The Kier molecular flexibility index (Phi) is 7.03. The third kappa shape index (κ3) is 4.85. The molecule has 3 aromatic rings. The molecule has 32 heavy (non-hydrogen) atoms. The Balaban J connectivity index is 2.22. The van der Waals surface area contributed by atoms with E-state index in [9.17, 15) is 17.6 Å². The predicted octanol–water partition coefficient (Wildman–Crippen LogP) is 5.46. The summed E-state index contributed by atoms with van der Waals surface area (Å²) in [5.41, 5.74) is 2.21. The lowest BCUT2D eigenvalue weighted by Gasteiger charge is -2.24. The van der Waals surface area contributed by atoms with Crippen molar-refractivity contribution in [1.82, 2.24) is 0 Å². The monoisotopic (exact) mass is 459 g/mol. The number of allylic oxidation sites excluding steroid dienone is 1. The molecule has 2 aromatic carbocycles. The molecular formula is C24H26FNO5S. The zero-order valence-electron chi connectivity index (χ0n) is 18.4. The SMILES string of the molecule is C=CCCCN(c1cc2oc(-c3ccc(F)cc3)c(C(=O)OCC)c2cc1C)S(C)(=O)=O. The van der Waals surface area contributed by atoms with Crippen LogP contribution in [0.2, 0.25) is 0 Å². The highest BCUT2D eigenvalue weighted by atomic mass is 32.2. The van der Waals surface area contributed by atoms with E-state index in [1.54, 1.807) is 32.1 Å². The second-order valence-corrected chi connectivity index (χ2v) is 9.34. The Morgan fingerprint density at radius 2 is 1.94 bits per heavy atom. The second-order valence-electron chi connectivity index (χ2n) is 7.43. The third-order valence-corrected chi connectivity index (χ3v) is 6.21. The molecule has 0 aliphatic rings. The highest BCUT2D eigenvalue weighted by molar-refractivity contribution is 7.92. The minimum Gasteiger partial charge on any atom is -0.462 e. The van der Waals surface area contributed by atoms with Gasteiger partial charge in [0.25, 0.3) is 0 Å². The van der Waals surface area contributed by atoms with Gasteiger partial charge >= 0.3 is 5.97 Å². The van der Waals surface area contributed by atoms with Gasteiger partial charge in [-0.1, -0.05) is 6.08 Å². The number of carbonyl (C=O) groups excluding carboxylic acids is 1. The van der Waals surface area contributed by atoms with Gasteiger partial charge < -0.3 is 9.15 Å². The number of aryl methyl sites for hydroxylation is 1. The van der Waals surface area contributed by atoms with Crippen LogP contribution >= 0.6 is 0 Å². The fourth-order valence-electron chi connectivity index (χ4n) is 3.56. The van der Waals surface area contributed by atoms with Crippen LogP contribution in [0, 0.1) is 12.7 Å². The molecule has 8 heteroatoms. The fourth-order valence-corrected chi connectivity index (χ4v) is 4.58. The zero-order chi connectivity index (χ0) is 23.5. The average molecular weight is 460 g/mol. The first kappa shape index (κ1) is 23.5. The summed E-state index contributed by atoms with van der Waals surface area (Å²) in [6.45, 7) is 7.62. The number of rotatable bonds is 9. The van der Waals surface area contributed by atoms with Gasteiger partial charge in [0.1, 0.15) is 22.7 Å². The quantitative estimate of drug-likeness (QED) is 0.241. The molecule has 0 spiro atoms. The first-order valence-corrected chi connectivity index (χ1v) is 12.1. The Morgan fingerprint density at radius 3 is 2.53 bits per heavy atom. The molecule has 170 valence electrons. The van der Waals surface area contributed by atoms with Crippen LogP contribution in [-0.4, -0.2) is 33.8 Å². The van der Waals surface area contributed by atoms with Gasteiger partial charge in [0.15, 0.2) is 0 Å². The molecule has 0 atom stereocenters. The molecule has 3 rings (SSSR count). The summed E-state index contributed by atoms with van der Waals surface area (Å²) >= 11 is 0. The van der Waals surface area contributed by atoms with Crippen LogP contribution in [0.1, 0.15) is 35.7 Å². The highest BCUT2D eigenvalue weighted by Gasteiger charge is 2.26. The first-order valence-electron chi connectivity index (χ1n) is 10.3. The molecule has 1 aromatic heterocycles. The zero-order valence-corrected chi connectivity index (χ0v) is 19.2. The molecular weight excluding hydrogens is 433 g/mol. The van der Waals surface area contributed by atoms with Gasteiger partial charge in [-0.25, -0.2) is 17.6 Å². The number of furan rings is 1. The predicted molar refractivity (Wildman–Crippen MR) is 124 cm³/mol. The largest absolute Gasteiger partial charge is 0.462 e. The van der Waals surface area contributed by atoms with Crippen molar-refractivity contribution < 1.29 is 26.8 Å². The summed E-state index contributed by atoms with van der Waals surface area (Å²) in [4.78, 5) is 12.8. The molecule has 0 unspecified atom stereocenters. The maximum absolute atomic E-state index is 13.4. The van der Waals surface area contributed by atoms with Crippen LogP contribution in [0.3, 0.4) is 0 Å². The van der Waals surface area contributed by atoms with E-state index >= 15 is 0 Å². The number of esters is 1. The summed E-state index contributed by atoms with van der Waals surface area (Å²) in [6, 6.07) is 8.93. The van der Waals surface area contributed by atoms with Gasteiger partial charge in [-0.3, -0.25) is 4.31 Å². The Bertz CT molecular complexity index is 1250. The maximum atomic E-state index is 13.4. The smallest absolute Gasteiger partial charge is 0.342 e. The van der Waals surface area contributed by atoms with E-state index in [2.05, 4.69) is 6.58 Å². The minimum atomic E-state index is -3.55. The summed E-state index contributed by atoms with van der Waals surface area (Å²) in [7, 11) is -3.55. The average Bonchev–Trinajstić information content (AvgIpc) is 3.09. The fraction of sp³-hybridized carbons (Fsp3) is 0.292. The van der Waals surface area contributed by atoms with Crippen molar-refractivity contribution in [3.8, 4) is 11.3 Å². The highest BCUT2D eigenvalue weighted by Crippen LogP contribution is 2.38. The lowest BCUT2D eigenvalue weighted by molar-refractivity contribution is 0.0528. The lowest BCUT2D eigenvalue weighted by Crippen LogP contribution is -2.31. The van der Waals surface area contributed by atoms with Gasteiger partial charge in [0.05, 0.1) is 18.6 Å². The number of hydrogen-bond donors (Lipinski definition) is 0. The molecule has 0 saturated carbocycles. The lowest BCUT2D eigenvalue weighted by atomic mass is 10.0. The second kappa shape index (κ2) is 9.56. The Labute approximate surface area is 187 Å². The Hall–Kier alpha value is -3.13. The molecule has 0 bridgehead atoms. The Morgan fingerprint density at radius 1 is 1.25 bits per heavy atom. The van der Waals surface area contributed by atoms with Crippen LogP contribution in [0.4, 0.5) is 10.1 Å². The van der Waals surface area contributed by atoms with Crippen molar-refractivity contribution in [3.05, 3.63) is 66.0 Å². The standard InChI is InChI=1S/C24H26FNO5S/c1-5-7-8-13-26(32(4,28)29)20-15-21-19(14-16(20)3)22(24(27)30-6-2)23(31-21)17-9-11-18(25)12-10-17/h5,9-12,14-15H,1,6-8,13H2,2-4H3. The van der Waals surface area contributed by atoms with E-state index in [4.69, 9.17) is 9.15 Å². The van der Waals surface area contributed by atoms with Crippen LogP contribution in [0.15, 0.2) is 53.5 Å². The number of hydrogen-bond acceptors (Lipinski definition) is 5. The van der Waals surface area contributed by atoms with Crippen molar-refractivity contribution in [2.75, 3.05) is 23.7 Å². The van der Waals surface area contributed by atoms with Crippen LogP contribution in [-0.2, 0) is 14.8 Å². The summed E-state index contributed by atoms with van der Waals surface area (Å²) in [5, 5.41) is 0.503. The molecule has 0 amide bonds. The van der Waals surface area contributed by atoms with Crippen molar-refractivity contribution in [2.45, 2.75) is 26.7 Å². The molecule has 1 heterocycles. The molecule has 0 radical (unpaired) electrons. The van der Waals surface area contributed by atoms with Gasteiger partial charge in [-0.05, 0) is 62.6 Å². The summed E-state index contributed by atoms with van der Waals surface area (Å²) in [6.07, 6.45) is 4.18. The van der Waals surface area contributed by atoms with Crippen molar-refractivity contribution in [3.63, 3.8) is 0 Å². The number of nitrogens with zero attached hydrogens (tertiary/aromatic N) is 1. The van der Waals surface area contributed by atoms with E-state index in [1.807, 2.05) is 0 Å². The van der Waals surface area contributed by atoms with Crippen LogP contribution < -0.4 is 4.31 Å². The van der Waals surface area contributed by atoms with Crippen molar-refractivity contribution in [2.24, 2.45) is 0 Å². The normalized spacial score (nSPS) is 11.5. The first-order chi connectivity index (χ1) is 15.2. The van der Waals surface area contributed by atoms with Gasteiger partial charge in [-0.15, -0.1) is 6.58 Å². The minimum absolute atomic E-state index is 0.177. The molecule has 0 fully saturated rings. The number of sulfonamides is 1. The number of unbranched alkanes of at least 4 members (excludes halogenated alkanes) is 1. The van der Waals surface area contributed by atoms with Gasteiger partial charge in [-0.2, -0.15) is 0 Å². The van der Waals surface area contributed by atoms with E-state index in [1.165, 1.54) is 28.6 Å². The van der Waals surface area contributed by atoms with E-state index in [-0.39, 0.29) is 24.5 Å². The van der Waals surface area contributed by atoms with E-state index in [0.29, 0.717) is 40.6 Å². The number of halogens is 1.